The SMILES string of the molecule is COc1ccc(CC(=O)NCC2CN(c3ccc(C(C)C)cc3)C(=O)O2)cc1. The molecule has 1 N–H and O–H groups in total. The highest BCUT2D eigenvalue weighted by Gasteiger charge is 2.32. The van der Waals surface area contributed by atoms with E-state index in [2.05, 4.69) is 19.2 Å². The molecule has 1 aliphatic heterocycles. The molecule has 0 saturated carbocycles. The lowest BCUT2D eigenvalue weighted by atomic mass is 10.0. The van der Waals surface area contributed by atoms with Gasteiger partial charge in [0.05, 0.1) is 26.6 Å². The van der Waals surface area contributed by atoms with Crippen LogP contribution in [-0.2, 0) is 16.0 Å². The van der Waals surface area contributed by atoms with E-state index >= 15 is 0 Å². The second-order valence-corrected chi connectivity index (χ2v) is 7.19. The van der Waals surface area contributed by atoms with Gasteiger partial charge in [-0.1, -0.05) is 38.1 Å². The van der Waals surface area contributed by atoms with Crippen LogP contribution in [-0.4, -0.2) is 38.3 Å². The lowest BCUT2D eigenvalue weighted by molar-refractivity contribution is -0.120. The largest absolute Gasteiger partial charge is 0.497 e. The number of methoxy groups -OCH3 is 1. The summed E-state index contributed by atoms with van der Waals surface area (Å²) < 4.78 is 10.5. The maximum Gasteiger partial charge on any atom is 0.414 e. The average molecular weight is 382 g/mol. The van der Waals surface area contributed by atoms with Crippen LogP contribution in [0.1, 0.15) is 30.9 Å². The first kappa shape index (κ1) is 19.7. The number of cyclic esters (lactones) is 1. The van der Waals surface area contributed by atoms with E-state index in [1.54, 1.807) is 12.0 Å². The zero-order chi connectivity index (χ0) is 20.1. The van der Waals surface area contributed by atoms with E-state index in [0.717, 1.165) is 17.0 Å². The molecule has 0 bridgehead atoms. The fourth-order valence-corrected chi connectivity index (χ4v) is 3.10. The van der Waals surface area contributed by atoms with E-state index in [1.807, 2.05) is 48.5 Å². The van der Waals surface area contributed by atoms with Crippen molar-refractivity contribution in [3.05, 3.63) is 59.7 Å². The summed E-state index contributed by atoms with van der Waals surface area (Å²) in [5, 5.41) is 2.84. The molecule has 28 heavy (non-hydrogen) atoms. The predicted molar refractivity (Wildman–Crippen MR) is 108 cm³/mol. The van der Waals surface area contributed by atoms with Crippen molar-refractivity contribution >= 4 is 17.7 Å². The van der Waals surface area contributed by atoms with Gasteiger partial charge in [0.15, 0.2) is 0 Å². The van der Waals surface area contributed by atoms with Crippen LogP contribution in [0.4, 0.5) is 10.5 Å². The van der Waals surface area contributed by atoms with Gasteiger partial charge in [-0.15, -0.1) is 0 Å². The Morgan fingerprint density at radius 2 is 1.86 bits per heavy atom. The normalized spacial score (nSPS) is 16.2. The van der Waals surface area contributed by atoms with E-state index in [0.29, 0.717) is 19.0 Å². The summed E-state index contributed by atoms with van der Waals surface area (Å²) in [7, 11) is 1.60. The Bertz CT molecular complexity index is 815. The number of rotatable bonds is 7. The molecule has 1 saturated heterocycles. The summed E-state index contributed by atoms with van der Waals surface area (Å²) in [6.07, 6.45) is -0.478. The number of carbonyl (C=O) groups is 2. The van der Waals surface area contributed by atoms with Crippen molar-refractivity contribution in [2.45, 2.75) is 32.3 Å². The lowest BCUT2D eigenvalue weighted by Gasteiger charge is -2.14. The second kappa shape index (κ2) is 8.78. The van der Waals surface area contributed by atoms with Crippen LogP contribution >= 0.6 is 0 Å². The molecule has 0 radical (unpaired) electrons. The molecule has 0 aliphatic carbocycles. The predicted octanol–water partition coefficient (Wildman–Crippen LogP) is 3.50. The fraction of sp³-hybridized carbons (Fsp3) is 0.364. The summed E-state index contributed by atoms with van der Waals surface area (Å²) >= 11 is 0. The van der Waals surface area contributed by atoms with Crippen molar-refractivity contribution in [3.63, 3.8) is 0 Å². The highest BCUT2D eigenvalue weighted by atomic mass is 16.6. The summed E-state index contributed by atoms with van der Waals surface area (Å²) in [6, 6.07) is 15.3. The quantitative estimate of drug-likeness (QED) is 0.796. The Morgan fingerprint density at radius 1 is 1.18 bits per heavy atom. The molecule has 2 amide bonds. The van der Waals surface area contributed by atoms with E-state index in [-0.39, 0.29) is 24.5 Å². The molecule has 2 aromatic carbocycles. The van der Waals surface area contributed by atoms with Gasteiger partial charge in [-0.25, -0.2) is 4.79 Å². The van der Waals surface area contributed by atoms with Crippen LogP contribution in [0, 0.1) is 0 Å². The van der Waals surface area contributed by atoms with Crippen molar-refractivity contribution in [1.29, 1.82) is 0 Å². The van der Waals surface area contributed by atoms with Crippen molar-refractivity contribution in [1.82, 2.24) is 5.32 Å². The Balaban J connectivity index is 1.50. The first-order valence-corrected chi connectivity index (χ1v) is 9.44. The summed E-state index contributed by atoms with van der Waals surface area (Å²) in [6.45, 7) is 4.97. The topological polar surface area (TPSA) is 67.9 Å². The van der Waals surface area contributed by atoms with Gasteiger partial charge in [-0.2, -0.15) is 0 Å². The van der Waals surface area contributed by atoms with Crippen molar-refractivity contribution < 1.29 is 19.1 Å². The molecular weight excluding hydrogens is 356 g/mol. The van der Waals surface area contributed by atoms with Crippen molar-refractivity contribution in [2.75, 3.05) is 25.1 Å². The molecule has 1 heterocycles. The smallest absolute Gasteiger partial charge is 0.414 e. The summed E-state index contributed by atoms with van der Waals surface area (Å²) in [4.78, 5) is 25.9. The number of anilines is 1. The number of benzene rings is 2. The molecule has 0 spiro atoms. The molecule has 2 aromatic rings. The maximum absolute atomic E-state index is 12.2. The van der Waals surface area contributed by atoms with E-state index < -0.39 is 0 Å². The van der Waals surface area contributed by atoms with Gasteiger partial charge >= 0.3 is 6.09 Å². The molecule has 1 aliphatic rings. The lowest BCUT2D eigenvalue weighted by Crippen LogP contribution is -2.35. The van der Waals surface area contributed by atoms with Gasteiger partial charge in [-0.3, -0.25) is 9.69 Å². The second-order valence-electron chi connectivity index (χ2n) is 7.19. The molecule has 1 atom stereocenters. The molecule has 6 nitrogen and oxygen atoms in total. The Hall–Kier alpha value is -3.02. The number of carbonyl (C=O) groups excluding carboxylic acids is 2. The first-order chi connectivity index (χ1) is 13.5. The third kappa shape index (κ3) is 4.82. The third-order valence-corrected chi connectivity index (χ3v) is 4.80. The zero-order valence-corrected chi connectivity index (χ0v) is 16.5. The zero-order valence-electron chi connectivity index (χ0n) is 16.5. The van der Waals surface area contributed by atoms with Gasteiger partial charge in [0.25, 0.3) is 0 Å². The van der Waals surface area contributed by atoms with Crippen LogP contribution in [0.2, 0.25) is 0 Å². The molecule has 0 aromatic heterocycles. The highest BCUT2D eigenvalue weighted by Crippen LogP contribution is 2.24. The van der Waals surface area contributed by atoms with Gasteiger partial charge in [0.1, 0.15) is 11.9 Å². The standard InChI is InChI=1S/C22H26N2O4/c1-15(2)17-6-8-18(9-7-17)24-14-20(28-22(24)26)13-23-21(25)12-16-4-10-19(27-3)11-5-16/h4-11,15,20H,12-14H2,1-3H3,(H,23,25). The van der Waals surface area contributed by atoms with Gasteiger partial charge < -0.3 is 14.8 Å². The minimum Gasteiger partial charge on any atom is -0.497 e. The monoisotopic (exact) mass is 382 g/mol. The van der Waals surface area contributed by atoms with Gasteiger partial charge in [0.2, 0.25) is 5.91 Å². The Labute approximate surface area is 165 Å². The number of nitrogens with one attached hydrogen (secondary N) is 1. The third-order valence-electron chi connectivity index (χ3n) is 4.80. The van der Waals surface area contributed by atoms with E-state index in [1.165, 1.54) is 5.56 Å². The average Bonchev–Trinajstić information content (AvgIpc) is 3.07. The number of hydrogen-bond acceptors (Lipinski definition) is 4. The number of ether oxygens (including phenoxy) is 2. The summed E-state index contributed by atoms with van der Waals surface area (Å²) in [5.41, 5.74) is 2.92. The summed E-state index contributed by atoms with van der Waals surface area (Å²) in [5.74, 6) is 1.08. The minimum atomic E-state index is -0.383. The molecule has 1 fully saturated rings. The Morgan fingerprint density at radius 3 is 2.46 bits per heavy atom. The van der Waals surface area contributed by atoms with Crippen LogP contribution in [0.15, 0.2) is 48.5 Å². The Kier molecular flexibility index (Phi) is 6.19. The molecule has 148 valence electrons. The van der Waals surface area contributed by atoms with Crippen LogP contribution in [0.5, 0.6) is 5.75 Å². The number of hydrogen-bond donors (Lipinski definition) is 1. The van der Waals surface area contributed by atoms with E-state index in [9.17, 15) is 9.59 Å². The van der Waals surface area contributed by atoms with Crippen LogP contribution in [0.25, 0.3) is 0 Å². The number of nitrogens with zero attached hydrogens (tertiary/aromatic N) is 1. The van der Waals surface area contributed by atoms with Gasteiger partial charge in [0, 0.05) is 5.69 Å². The van der Waals surface area contributed by atoms with Crippen LogP contribution in [0.3, 0.4) is 0 Å². The van der Waals surface area contributed by atoms with E-state index in [4.69, 9.17) is 9.47 Å². The van der Waals surface area contributed by atoms with Crippen molar-refractivity contribution in [3.8, 4) is 5.75 Å². The minimum absolute atomic E-state index is 0.110. The highest BCUT2D eigenvalue weighted by molar-refractivity contribution is 5.89. The number of amides is 2. The molecule has 3 rings (SSSR count). The fourth-order valence-electron chi connectivity index (χ4n) is 3.10. The van der Waals surface area contributed by atoms with Crippen LogP contribution < -0.4 is 15.0 Å². The molecular formula is C22H26N2O4. The molecule has 6 heteroatoms. The maximum atomic E-state index is 12.2. The molecule has 1 unspecified atom stereocenters. The first-order valence-electron chi connectivity index (χ1n) is 9.44. The van der Waals surface area contributed by atoms with Gasteiger partial charge in [-0.05, 0) is 41.3 Å². The van der Waals surface area contributed by atoms with Crippen molar-refractivity contribution in [2.24, 2.45) is 0 Å².